The van der Waals surface area contributed by atoms with Crippen LogP contribution in [0.15, 0.2) is 47.6 Å². The van der Waals surface area contributed by atoms with Crippen molar-refractivity contribution in [2.24, 2.45) is 10.5 Å². The molecule has 192 valence electrons. The van der Waals surface area contributed by atoms with Gasteiger partial charge in [0.2, 0.25) is 6.79 Å². The molecular formula is C27H33N3O6. The summed E-state index contributed by atoms with van der Waals surface area (Å²) in [7, 11) is 0. The van der Waals surface area contributed by atoms with E-state index >= 15 is 0 Å². The van der Waals surface area contributed by atoms with Gasteiger partial charge in [-0.2, -0.15) is 5.10 Å². The van der Waals surface area contributed by atoms with Gasteiger partial charge in [-0.1, -0.05) is 52.8 Å². The number of rotatable bonds is 9. The summed E-state index contributed by atoms with van der Waals surface area (Å²) in [6.45, 7) is 12.1. The average Bonchev–Trinajstić information content (AvgIpc) is 3.26. The predicted molar refractivity (Wildman–Crippen MR) is 139 cm³/mol. The molecule has 9 heteroatoms. The minimum atomic E-state index is -0.530. The summed E-state index contributed by atoms with van der Waals surface area (Å²) in [5.74, 6) is 0.886. The van der Waals surface area contributed by atoms with Crippen LogP contribution in [0.4, 0.5) is 5.69 Å². The average molecular weight is 496 g/mol. The van der Waals surface area contributed by atoms with Crippen LogP contribution in [0, 0.1) is 15.5 Å². The molecule has 0 saturated heterocycles. The van der Waals surface area contributed by atoms with Gasteiger partial charge in [0.25, 0.3) is 5.91 Å². The van der Waals surface area contributed by atoms with Gasteiger partial charge in [-0.3, -0.25) is 14.9 Å². The Labute approximate surface area is 211 Å². The first-order valence-corrected chi connectivity index (χ1v) is 11.7. The van der Waals surface area contributed by atoms with Gasteiger partial charge in [0, 0.05) is 6.07 Å². The van der Waals surface area contributed by atoms with E-state index in [4.69, 9.17) is 14.2 Å². The molecule has 1 heterocycles. The molecule has 9 nitrogen and oxygen atoms in total. The van der Waals surface area contributed by atoms with Crippen LogP contribution in [0.2, 0.25) is 0 Å². The highest BCUT2D eigenvalue weighted by atomic mass is 16.7. The van der Waals surface area contributed by atoms with Crippen LogP contribution in [0.3, 0.4) is 0 Å². The summed E-state index contributed by atoms with van der Waals surface area (Å²) < 4.78 is 16.1. The summed E-state index contributed by atoms with van der Waals surface area (Å²) in [6, 6.07) is 10.4. The molecule has 0 aliphatic carbocycles. The van der Waals surface area contributed by atoms with Crippen molar-refractivity contribution >= 4 is 23.4 Å². The van der Waals surface area contributed by atoms with Gasteiger partial charge < -0.3 is 14.2 Å². The summed E-state index contributed by atoms with van der Waals surface area (Å²) in [5.41, 5.74) is 4.31. The van der Waals surface area contributed by atoms with Gasteiger partial charge >= 0.3 is 5.69 Å². The smallest absolute Gasteiger partial charge is 0.311 e. The van der Waals surface area contributed by atoms with Crippen molar-refractivity contribution in [2.75, 3.05) is 13.4 Å². The first-order valence-electron chi connectivity index (χ1n) is 11.7. The van der Waals surface area contributed by atoms with E-state index in [1.165, 1.54) is 6.07 Å². The molecule has 0 bridgehead atoms. The van der Waals surface area contributed by atoms with E-state index in [2.05, 4.69) is 45.1 Å². The van der Waals surface area contributed by atoms with Crippen LogP contribution < -0.4 is 19.6 Å². The summed E-state index contributed by atoms with van der Waals surface area (Å²) >= 11 is 0. The number of carbonyl (C=O) groups is 1. The van der Waals surface area contributed by atoms with Gasteiger partial charge in [-0.05, 0) is 59.6 Å². The number of allylic oxidation sites excluding steroid dienone is 1. The molecule has 3 rings (SSSR count). The number of hydrogen-bond acceptors (Lipinski definition) is 7. The van der Waals surface area contributed by atoms with Crippen molar-refractivity contribution in [1.29, 1.82) is 0 Å². The zero-order chi connectivity index (χ0) is 26.5. The second kappa shape index (κ2) is 10.8. The fraction of sp³-hybridized carbons (Fsp3) is 0.407. The first-order chi connectivity index (χ1) is 16.8. The summed E-state index contributed by atoms with van der Waals surface area (Å²) in [4.78, 5) is 23.4. The molecule has 0 radical (unpaired) electrons. The zero-order valence-electron chi connectivity index (χ0n) is 21.6. The maximum Gasteiger partial charge on any atom is 0.311 e. The van der Waals surface area contributed by atoms with E-state index in [1.54, 1.807) is 19.1 Å². The SMILES string of the molecule is CC(/C=C/c1ccc2c(c1)OCO2)=N\NC(=O)COc1ccc(C(C)(C)CC(C)(C)C)cc1[N+](=O)[O-]. The molecule has 0 aromatic heterocycles. The Morgan fingerprint density at radius 3 is 2.56 bits per heavy atom. The highest BCUT2D eigenvalue weighted by molar-refractivity contribution is 5.97. The highest BCUT2D eigenvalue weighted by Gasteiger charge is 2.30. The molecule has 2 aromatic rings. The molecule has 0 fully saturated rings. The van der Waals surface area contributed by atoms with Crippen LogP contribution in [-0.4, -0.2) is 29.9 Å². The van der Waals surface area contributed by atoms with Crippen molar-refractivity contribution in [3.05, 3.63) is 63.7 Å². The number of fused-ring (bicyclic) bond motifs is 1. The van der Waals surface area contributed by atoms with Crippen molar-refractivity contribution in [1.82, 2.24) is 5.43 Å². The largest absolute Gasteiger partial charge is 0.477 e. The Balaban J connectivity index is 1.59. The van der Waals surface area contributed by atoms with Gasteiger partial charge in [0.05, 0.1) is 10.6 Å². The van der Waals surface area contributed by atoms with Crippen LogP contribution >= 0.6 is 0 Å². The van der Waals surface area contributed by atoms with E-state index in [0.29, 0.717) is 17.2 Å². The molecule has 0 atom stereocenters. The highest BCUT2D eigenvalue weighted by Crippen LogP contribution is 2.39. The lowest BCUT2D eigenvalue weighted by molar-refractivity contribution is -0.385. The number of benzene rings is 2. The third-order valence-electron chi connectivity index (χ3n) is 5.54. The third-order valence-corrected chi connectivity index (χ3v) is 5.54. The molecule has 1 N–H and O–H groups in total. The van der Waals surface area contributed by atoms with Gasteiger partial charge in [-0.15, -0.1) is 0 Å². The van der Waals surface area contributed by atoms with Crippen LogP contribution in [-0.2, 0) is 10.2 Å². The van der Waals surface area contributed by atoms with E-state index in [1.807, 2.05) is 30.3 Å². The quantitative estimate of drug-likeness (QED) is 0.274. The second-order valence-electron chi connectivity index (χ2n) is 10.6. The maximum absolute atomic E-state index is 12.2. The number of nitrogens with zero attached hydrogens (tertiary/aromatic N) is 2. The molecule has 0 spiro atoms. The topological polar surface area (TPSA) is 112 Å². The van der Waals surface area contributed by atoms with Gasteiger partial charge in [0.1, 0.15) is 0 Å². The van der Waals surface area contributed by atoms with E-state index < -0.39 is 17.4 Å². The van der Waals surface area contributed by atoms with E-state index in [-0.39, 0.29) is 29.1 Å². The molecule has 2 aromatic carbocycles. The summed E-state index contributed by atoms with van der Waals surface area (Å²) in [6.07, 6.45) is 4.41. The van der Waals surface area contributed by atoms with Crippen molar-refractivity contribution in [2.45, 2.75) is 53.4 Å². The lowest BCUT2D eigenvalue weighted by Crippen LogP contribution is -2.26. The molecule has 1 aliphatic heterocycles. The zero-order valence-corrected chi connectivity index (χ0v) is 21.6. The Kier molecular flexibility index (Phi) is 8.02. The van der Waals surface area contributed by atoms with E-state index in [0.717, 1.165) is 17.5 Å². The van der Waals surface area contributed by atoms with Crippen LogP contribution in [0.5, 0.6) is 17.2 Å². The van der Waals surface area contributed by atoms with Gasteiger partial charge in [-0.25, -0.2) is 5.43 Å². The summed E-state index contributed by atoms with van der Waals surface area (Å²) in [5, 5.41) is 15.7. The monoisotopic (exact) mass is 495 g/mol. The van der Waals surface area contributed by atoms with Crippen molar-refractivity contribution in [3.63, 3.8) is 0 Å². The number of nitro benzene ring substituents is 1. The van der Waals surface area contributed by atoms with Crippen LogP contribution in [0.1, 0.15) is 59.1 Å². The number of nitrogens with one attached hydrogen (secondary N) is 1. The fourth-order valence-corrected chi connectivity index (χ4v) is 4.23. The lowest BCUT2D eigenvalue weighted by Gasteiger charge is -2.33. The second-order valence-corrected chi connectivity index (χ2v) is 10.6. The van der Waals surface area contributed by atoms with Crippen molar-refractivity contribution < 1.29 is 23.9 Å². The predicted octanol–water partition coefficient (Wildman–Crippen LogP) is 5.62. The normalized spacial score (nSPS) is 13.7. The third kappa shape index (κ3) is 7.31. The minimum absolute atomic E-state index is 0.0360. The Bertz CT molecular complexity index is 1190. The van der Waals surface area contributed by atoms with Crippen LogP contribution in [0.25, 0.3) is 6.08 Å². The minimum Gasteiger partial charge on any atom is -0.477 e. The maximum atomic E-state index is 12.2. The molecule has 36 heavy (non-hydrogen) atoms. The standard InChI is InChI=1S/C27H33N3O6/c1-18(7-8-19-9-11-23-24(13-19)36-17-35-23)28-29-25(31)15-34-22-12-10-20(14-21(22)30(32)33)27(5,6)16-26(2,3)4/h7-14H,15-17H2,1-6H3,(H,29,31)/b8-7+,28-18+. The molecule has 0 saturated carbocycles. The lowest BCUT2D eigenvalue weighted by atomic mass is 9.72. The number of hydrogen-bond donors (Lipinski definition) is 1. The fourth-order valence-electron chi connectivity index (χ4n) is 4.23. The number of hydrazone groups is 1. The number of nitro groups is 1. The number of amides is 1. The Morgan fingerprint density at radius 2 is 1.86 bits per heavy atom. The Morgan fingerprint density at radius 1 is 1.14 bits per heavy atom. The molecule has 1 amide bonds. The molecular weight excluding hydrogens is 462 g/mol. The molecule has 0 unspecified atom stereocenters. The Hall–Kier alpha value is -3.88. The first kappa shape index (κ1) is 26.7. The van der Waals surface area contributed by atoms with Crippen molar-refractivity contribution in [3.8, 4) is 17.2 Å². The number of ether oxygens (including phenoxy) is 3. The molecule has 1 aliphatic rings. The van der Waals surface area contributed by atoms with E-state index in [9.17, 15) is 14.9 Å². The number of carbonyl (C=O) groups excluding carboxylic acids is 1. The van der Waals surface area contributed by atoms with Gasteiger partial charge in [0.15, 0.2) is 23.9 Å².